The van der Waals surface area contributed by atoms with Crippen molar-refractivity contribution in [2.24, 2.45) is 0 Å². The van der Waals surface area contributed by atoms with Gasteiger partial charge in [0.2, 0.25) is 0 Å². The molecule has 0 fully saturated rings. The molecule has 0 amide bonds. The Labute approximate surface area is 104 Å². The summed E-state index contributed by atoms with van der Waals surface area (Å²) in [4.78, 5) is 0. The van der Waals surface area contributed by atoms with Crippen molar-refractivity contribution in [3.8, 4) is 0 Å². The van der Waals surface area contributed by atoms with Crippen molar-refractivity contribution < 1.29 is 21.7 Å². The van der Waals surface area contributed by atoms with Crippen molar-refractivity contribution in [2.75, 3.05) is 0 Å². The first-order valence-corrected chi connectivity index (χ1v) is 6.88. The molecule has 0 saturated carbocycles. The Hall–Kier alpha value is 0.991. The minimum Gasteiger partial charge on any atom is -0.274 e. The molecule has 0 N–H and O–H groups in total. The minimum atomic E-state index is -1.01. The number of halogens is 2. The summed E-state index contributed by atoms with van der Waals surface area (Å²) in [7, 11) is -1.01. The molecule has 0 atom stereocenters. The SMILES string of the molecule is C[Si](C)(C)C1=[C-]CC=C1.Cl.Cl.[Ti]. The average Bonchev–Trinajstić information content (AvgIpc) is 2.08. The smallest absolute Gasteiger partial charge is 0.0393 e. The van der Waals surface area contributed by atoms with Gasteiger partial charge in [-0.05, 0) is 0 Å². The van der Waals surface area contributed by atoms with Gasteiger partial charge in [-0.25, -0.2) is 11.3 Å². The Bertz CT molecular complexity index is 170. The topological polar surface area (TPSA) is 0 Å². The molecule has 70 valence electrons. The van der Waals surface area contributed by atoms with Gasteiger partial charge in [-0.15, -0.1) is 31.2 Å². The van der Waals surface area contributed by atoms with E-state index in [2.05, 4.69) is 37.9 Å². The molecule has 0 radical (unpaired) electrons. The molecular weight excluding hydrogens is 243 g/mol. The van der Waals surface area contributed by atoms with Crippen LogP contribution in [-0.2, 0) is 21.7 Å². The molecule has 0 saturated heterocycles. The zero-order valence-corrected chi connectivity index (χ0v) is 11.9. The Kier molecular flexibility index (Phi) is 11.5. The van der Waals surface area contributed by atoms with Gasteiger partial charge in [-0.2, -0.15) is 6.08 Å². The van der Waals surface area contributed by atoms with Crippen LogP contribution in [0.15, 0.2) is 17.3 Å². The van der Waals surface area contributed by atoms with Crippen molar-refractivity contribution in [3.63, 3.8) is 0 Å². The summed E-state index contributed by atoms with van der Waals surface area (Å²) in [5.41, 5.74) is 0. The van der Waals surface area contributed by atoms with Crippen molar-refractivity contribution in [2.45, 2.75) is 26.1 Å². The molecule has 0 aliphatic heterocycles. The molecule has 1 aliphatic carbocycles. The summed E-state index contributed by atoms with van der Waals surface area (Å²) in [5, 5.41) is 1.49. The maximum atomic E-state index is 3.36. The molecule has 4 heteroatoms. The van der Waals surface area contributed by atoms with Crippen molar-refractivity contribution in [1.29, 1.82) is 0 Å². The normalized spacial score (nSPS) is 13.8. The molecule has 0 bridgehead atoms. The van der Waals surface area contributed by atoms with E-state index in [9.17, 15) is 0 Å². The van der Waals surface area contributed by atoms with Gasteiger partial charge in [-0.3, -0.25) is 6.08 Å². The van der Waals surface area contributed by atoms with Gasteiger partial charge in [0.25, 0.3) is 0 Å². The van der Waals surface area contributed by atoms with Crippen LogP contribution in [0.25, 0.3) is 0 Å². The van der Waals surface area contributed by atoms with E-state index in [1.54, 1.807) is 0 Å². The molecule has 1 rings (SSSR count). The monoisotopic (exact) mass is 257 g/mol. The Balaban J connectivity index is -0.000000270. The first-order valence-electron chi connectivity index (χ1n) is 3.38. The summed E-state index contributed by atoms with van der Waals surface area (Å²) in [5.74, 6) is 0. The van der Waals surface area contributed by atoms with E-state index in [0.29, 0.717) is 0 Å². The number of allylic oxidation sites excluding steroid dienone is 4. The van der Waals surface area contributed by atoms with Gasteiger partial charge in [0.1, 0.15) is 0 Å². The van der Waals surface area contributed by atoms with Crippen molar-refractivity contribution in [1.82, 2.24) is 0 Å². The summed E-state index contributed by atoms with van der Waals surface area (Å²) < 4.78 is 0. The Morgan fingerprint density at radius 3 is 1.92 bits per heavy atom. The number of hydrogen-bond acceptors (Lipinski definition) is 0. The standard InChI is InChI=1S/C8H13Si.2ClH.Ti/c1-9(2,3)8-6-4-5-7-8;;;/h4,6H,5H2,1-3H3;2*1H;/q-1;;;. The molecule has 0 unspecified atom stereocenters. The van der Waals surface area contributed by atoms with Gasteiger partial charge in [0.15, 0.2) is 0 Å². The quantitative estimate of drug-likeness (QED) is 0.499. The zero-order chi connectivity index (χ0) is 6.91. The maximum Gasteiger partial charge on any atom is 0.0393 e. The second-order valence-corrected chi connectivity index (χ2v) is 8.49. The second kappa shape index (κ2) is 7.40. The third-order valence-corrected chi connectivity index (χ3v) is 3.46. The summed E-state index contributed by atoms with van der Waals surface area (Å²) in [6.45, 7) is 7.06. The first kappa shape index (κ1) is 18.7. The molecule has 0 aromatic rings. The van der Waals surface area contributed by atoms with Crippen LogP contribution in [-0.4, -0.2) is 8.07 Å². The Morgan fingerprint density at radius 2 is 1.75 bits per heavy atom. The van der Waals surface area contributed by atoms with Crippen LogP contribution in [0.1, 0.15) is 6.42 Å². The molecule has 0 aromatic carbocycles. The van der Waals surface area contributed by atoms with E-state index in [1.165, 1.54) is 5.20 Å². The molecular formula is C8H15Cl2SiTi-. The van der Waals surface area contributed by atoms with E-state index in [1.807, 2.05) is 0 Å². The summed E-state index contributed by atoms with van der Waals surface area (Å²) >= 11 is 0. The van der Waals surface area contributed by atoms with Crippen LogP contribution < -0.4 is 0 Å². The first-order chi connectivity index (χ1) is 4.11. The molecule has 0 nitrogen and oxygen atoms in total. The molecule has 0 heterocycles. The van der Waals surface area contributed by atoms with Crippen LogP contribution in [0.4, 0.5) is 0 Å². The summed E-state index contributed by atoms with van der Waals surface area (Å²) in [6, 6.07) is 0. The molecule has 0 aromatic heterocycles. The third-order valence-electron chi connectivity index (χ3n) is 1.50. The van der Waals surface area contributed by atoms with Crippen LogP contribution in [0.3, 0.4) is 0 Å². The Morgan fingerprint density at radius 1 is 1.25 bits per heavy atom. The van der Waals surface area contributed by atoms with E-state index >= 15 is 0 Å². The minimum absolute atomic E-state index is 0. The number of hydrogen-bond donors (Lipinski definition) is 0. The molecule has 1 aliphatic rings. The van der Waals surface area contributed by atoms with Gasteiger partial charge >= 0.3 is 0 Å². The van der Waals surface area contributed by atoms with E-state index < -0.39 is 8.07 Å². The predicted molar refractivity (Wildman–Crippen MR) is 58.4 cm³/mol. The van der Waals surface area contributed by atoms with Gasteiger partial charge < -0.3 is 0 Å². The van der Waals surface area contributed by atoms with Crippen LogP contribution in [0, 0.1) is 6.08 Å². The average molecular weight is 258 g/mol. The summed E-state index contributed by atoms with van der Waals surface area (Å²) in [6.07, 6.45) is 8.82. The predicted octanol–water partition coefficient (Wildman–Crippen LogP) is 3.39. The van der Waals surface area contributed by atoms with Crippen LogP contribution in [0.5, 0.6) is 0 Å². The largest absolute Gasteiger partial charge is 0.274 e. The van der Waals surface area contributed by atoms with Crippen molar-refractivity contribution in [3.05, 3.63) is 23.4 Å². The second-order valence-electron chi connectivity index (χ2n) is 3.45. The maximum absolute atomic E-state index is 3.36. The molecule has 0 spiro atoms. The number of rotatable bonds is 1. The van der Waals surface area contributed by atoms with E-state index in [4.69, 9.17) is 0 Å². The zero-order valence-electron chi connectivity index (χ0n) is 7.68. The third kappa shape index (κ3) is 5.60. The van der Waals surface area contributed by atoms with Gasteiger partial charge in [0, 0.05) is 29.8 Å². The fraction of sp³-hybridized carbons (Fsp3) is 0.500. The van der Waals surface area contributed by atoms with E-state index in [-0.39, 0.29) is 46.5 Å². The fourth-order valence-corrected chi connectivity index (χ4v) is 2.17. The molecule has 12 heavy (non-hydrogen) atoms. The van der Waals surface area contributed by atoms with Crippen molar-refractivity contribution >= 4 is 32.9 Å². The van der Waals surface area contributed by atoms with Crippen LogP contribution in [0.2, 0.25) is 19.6 Å². The van der Waals surface area contributed by atoms with Crippen LogP contribution >= 0.6 is 24.8 Å². The van der Waals surface area contributed by atoms with E-state index in [0.717, 1.165) is 6.42 Å². The fourth-order valence-electron chi connectivity index (χ4n) is 0.920. The van der Waals surface area contributed by atoms with Gasteiger partial charge in [0.05, 0.1) is 0 Å². The van der Waals surface area contributed by atoms with Gasteiger partial charge in [-0.1, -0.05) is 19.6 Å².